The zero-order chi connectivity index (χ0) is 54.8. The second-order valence-corrected chi connectivity index (χ2v) is 22.1. The fourth-order valence-corrected chi connectivity index (χ4v) is 10.1. The van der Waals surface area contributed by atoms with Crippen molar-refractivity contribution in [3.8, 4) is 23.0 Å². The predicted molar refractivity (Wildman–Crippen MR) is 340 cm³/mol. The molecule has 0 spiro atoms. The van der Waals surface area contributed by atoms with Gasteiger partial charge >= 0.3 is 0 Å². The third-order valence-electron chi connectivity index (χ3n) is 15.0. The SMILES string of the molecule is COc1ccc(CN[C@@H]2CCCC[C@H]2N(C/C=C(\C)CC/C=C(\C)CC/C=C(\C)CC/C=C(\C)CC/C=C(\C)CC/C=C(\C)CC/C=C(\C)CC/C=C(\C)CCC=C(C)C)Cc2ccc(OC)c(OC)c2)cc1OC.Cl.Cl. The molecule has 0 bridgehead atoms. The summed E-state index contributed by atoms with van der Waals surface area (Å²) < 4.78 is 22.4. The van der Waals surface area contributed by atoms with E-state index < -0.39 is 0 Å². The summed E-state index contributed by atoms with van der Waals surface area (Å²) in [6.07, 6.45) is 45.1. The van der Waals surface area contributed by atoms with Crippen LogP contribution in [0.5, 0.6) is 23.0 Å². The van der Waals surface area contributed by atoms with Crippen molar-refractivity contribution >= 4 is 24.8 Å². The van der Waals surface area contributed by atoms with Gasteiger partial charge in [0.15, 0.2) is 23.0 Å². The van der Waals surface area contributed by atoms with Crippen LogP contribution in [0.2, 0.25) is 0 Å². The van der Waals surface area contributed by atoms with Gasteiger partial charge < -0.3 is 24.3 Å². The molecular weight excluding hydrogens is 992 g/mol. The maximum Gasteiger partial charge on any atom is 0.161 e. The monoisotopic (exact) mass is 1100 g/mol. The van der Waals surface area contributed by atoms with Gasteiger partial charge in [-0.15, -0.1) is 24.8 Å². The summed E-state index contributed by atoms with van der Waals surface area (Å²) >= 11 is 0. The molecule has 1 fully saturated rings. The van der Waals surface area contributed by atoms with Gasteiger partial charge in [0.1, 0.15) is 0 Å². The number of halogens is 2. The third-order valence-corrected chi connectivity index (χ3v) is 15.0. The first kappa shape index (κ1) is 70.8. The molecule has 1 aliphatic carbocycles. The third kappa shape index (κ3) is 30.7. The molecular formula is C69H108Cl2N2O4. The highest BCUT2D eigenvalue weighted by Gasteiger charge is 2.30. The van der Waals surface area contributed by atoms with E-state index >= 15 is 0 Å². The Morgan fingerprint density at radius 2 is 0.753 bits per heavy atom. The molecule has 1 saturated carbocycles. The number of benzene rings is 2. The lowest BCUT2D eigenvalue weighted by Crippen LogP contribution is -2.51. The summed E-state index contributed by atoms with van der Waals surface area (Å²) in [5.41, 5.74) is 15.9. The van der Waals surface area contributed by atoms with Gasteiger partial charge in [-0.3, -0.25) is 4.90 Å². The Balaban J connectivity index is 0.0000148. The number of hydrogen-bond donors (Lipinski definition) is 1. The number of allylic oxidation sites excluding steroid dienone is 17. The summed E-state index contributed by atoms with van der Waals surface area (Å²) in [7, 11) is 6.80. The van der Waals surface area contributed by atoms with Crippen molar-refractivity contribution in [1.82, 2.24) is 10.2 Å². The molecule has 6 nitrogen and oxygen atoms in total. The summed E-state index contributed by atoms with van der Waals surface area (Å²) in [5, 5.41) is 3.96. The van der Waals surface area contributed by atoms with Gasteiger partial charge in [0, 0.05) is 31.7 Å². The topological polar surface area (TPSA) is 52.2 Å². The van der Waals surface area contributed by atoms with Crippen LogP contribution in [0.3, 0.4) is 0 Å². The number of nitrogens with one attached hydrogen (secondary N) is 1. The molecule has 8 heteroatoms. The van der Waals surface area contributed by atoms with Crippen LogP contribution in [0, 0.1) is 0 Å². The Bertz CT molecular complexity index is 2270. The van der Waals surface area contributed by atoms with Crippen molar-refractivity contribution in [2.45, 2.75) is 223 Å². The van der Waals surface area contributed by atoms with Gasteiger partial charge in [-0.25, -0.2) is 0 Å². The number of hydrogen-bond acceptors (Lipinski definition) is 6. The molecule has 0 unspecified atom stereocenters. The highest BCUT2D eigenvalue weighted by atomic mass is 35.5. The highest BCUT2D eigenvalue weighted by molar-refractivity contribution is 5.85. The van der Waals surface area contributed by atoms with Crippen molar-refractivity contribution in [3.63, 3.8) is 0 Å². The fraction of sp³-hybridized carbons (Fsp3) is 0.565. The van der Waals surface area contributed by atoms with Gasteiger partial charge in [0.25, 0.3) is 0 Å². The van der Waals surface area contributed by atoms with Gasteiger partial charge in [0.2, 0.25) is 0 Å². The fourth-order valence-electron chi connectivity index (χ4n) is 10.1. The smallest absolute Gasteiger partial charge is 0.161 e. The van der Waals surface area contributed by atoms with E-state index in [0.29, 0.717) is 12.1 Å². The molecule has 1 N–H and O–H groups in total. The Hall–Kier alpha value is -4.20. The molecule has 2 aromatic rings. The normalized spacial score (nSPS) is 16.2. The number of nitrogens with zero attached hydrogens (tertiary/aromatic N) is 1. The van der Waals surface area contributed by atoms with Crippen molar-refractivity contribution in [1.29, 1.82) is 0 Å². The van der Waals surface area contributed by atoms with Crippen LogP contribution >= 0.6 is 24.8 Å². The van der Waals surface area contributed by atoms with Crippen molar-refractivity contribution < 1.29 is 18.9 Å². The van der Waals surface area contributed by atoms with E-state index in [0.717, 1.165) is 133 Å². The molecule has 432 valence electrons. The van der Waals surface area contributed by atoms with Crippen LogP contribution in [0.15, 0.2) is 141 Å². The molecule has 3 rings (SSSR count). The van der Waals surface area contributed by atoms with E-state index in [2.05, 4.69) is 158 Å². The van der Waals surface area contributed by atoms with E-state index in [9.17, 15) is 0 Å². The minimum Gasteiger partial charge on any atom is -0.493 e. The van der Waals surface area contributed by atoms with Gasteiger partial charge in [-0.05, 0) is 220 Å². The molecule has 2 aromatic carbocycles. The molecule has 0 aromatic heterocycles. The average Bonchev–Trinajstić information content (AvgIpc) is 3.39. The number of rotatable bonds is 36. The van der Waals surface area contributed by atoms with Crippen LogP contribution in [0.4, 0.5) is 0 Å². The molecule has 77 heavy (non-hydrogen) atoms. The molecule has 0 aliphatic heterocycles. The van der Waals surface area contributed by atoms with Crippen molar-refractivity contribution in [3.05, 3.63) is 152 Å². The Labute approximate surface area is 484 Å². The van der Waals surface area contributed by atoms with Gasteiger partial charge in [-0.2, -0.15) is 0 Å². The summed E-state index contributed by atoms with van der Waals surface area (Å²) in [5.74, 6) is 3.07. The lowest BCUT2D eigenvalue weighted by molar-refractivity contribution is 0.126. The maximum atomic E-state index is 5.72. The second kappa shape index (κ2) is 41.8. The second-order valence-electron chi connectivity index (χ2n) is 22.1. The van der Waals surface area contributed by atoms with Crippen LogP contribution in [0.25, 0.3) is 0 Å². The average molecular weight is 1100 g/mol. The minimum absolute atomic E-state index is 0. The van der Waals surface area contributed by atoms with Crippen LogP contribution in [-0.2, 0) is 13.1 Å². The minimum atomic E-state index is 0. The lowest BCUT2D eigenvalue weighted by atomic mass is 9.88. The van der Waals surface area contributed by atoms with Crippen LogP contribution in [0.1, 0.15) is 209 Å². The Morgan fingerprint density at radius 3 is 1.12 bits per heavy atom. The highest BCUT2D eigenvalue weighted by Crippen LogP contribution is 2.32. The molecule has 0 heterocycles. The standard InChI is InChI=1S/C69H106N2O4.2ClH/c1-53(2)25-17-26-54(3)27-18-28-55(4)29-19-30-56(5)31-20-32-57(6)33-21-34-58(7)35-22-36-59(8)37-23-38-60(9)39-24-40-61(10)47-48-71(52-63-44-46-67(73-12)69(50-63)75-14)65-42-16-15-41-64(65)70-51-62-43-45-66(72-11)68(49-62)74-13;;/h25,27,29,31,33,35,37,39,43-47,49-50,64-65,70H,15-24,26,28,30,32,34,36,38,40-42,48,51-52H2,1-14H3;2*1H/b54-27+,55-29+,56-31+,57-33+,58-35+,59-37+,60-39+,61-47+;;/t64-,65-;;/m1../s1. The number of ether oxygens (including phenoxy) is 4. The van der Waals surface area contributed by atoms with Gasteiger partial charge in [-0.1, -0.05) is 130 Å². The van der Waals surface area contributed by atoms with E-state index in [1.165, 1.54) is 99.8 Å². The molecule has 2 atom stereocenters. The summed E-state index contributed by atoms with van der Waals surface area (Å²) in [6, 6.07) is 13.4. The Kier molecular flexibility index (Phi) is 38.4. The van der Waals surface area contributed by atoms with Crippen molar-refractivity contribution in [2.75, 3.05) is 35.0 Å². The maximum absolute atomic E-state index is 5.72. The van der Waals surface area contributed by atoms with E-state index in [1.807, 2.05) is 12.1 Å². The summed E-state index contributed by atoms with van der Waals surface area (Å²) in [4.78, 5) is 2.68. The van der Waals surface area contributed by atoms with E-state index in [4.69, 9.17) is 18.9 Å². The first-order valence-corrected chi connectivity index (χ1v) is 28.9. The molecule has 0 amide bonds. The van der Waals surface area contributed by atoms with E-state index in [1.54, 1.807) is 28.4 Å². The Morgan fingerprint density at radius 1 is 0.429 bits per heavy atom. The van der Waals surface area contributed by atoms with E-state index in [-0.39, 0.29) is 24.8 Å². The predicted octanol–water partition coefficient (Wildman–Crippen LogP) is 20.2. The zero-order valence-corrected chi connectivity index (χ0v) is 52.6. The first-order valence-electron chi connectivity index (χ1n) is 28.9. The number of methoxy groups -OCH3 is 4. The first-order chi connectivity index (χ1) is 36.1. The molecule has 0 radical (unpaired) electrons. The summed E-state index contributed by atoms with van der Waals surface area (Å²) in [6.45, 7) is 25.3. The molecule has 1 aliphatic rings. The molecule has 0 saturated heterocycles. The van der Waals surface area contributed by atoms with Crippen molar-refractivity contribution in [2.24, 2.45) is 0 Å². The van der Waals surface area contributed by atoms with Gasteiger partial charge in [0.05, 0.1) is 28.4 Å². The zero-order valence-electron chi connectivity index (χ0n) is 51.0. The quantitative estimate of drug-likeness (QED) is 0.0687. The largest absolute Gasteiger partial charge is 0.493 e. The van der Waals surface area contributed by atoms with Crippen LogP contribution < -0.4 is 24.3 Å². The van der Waals surface area contributed by atoms with Crippen LogP contribution in [-0.4, -0.2) is 52.0 Å². The lowest BCUT2D eigenvalue weighted by Gasteiger charge is -2.40.